The van der Waals surface area contributed by atoms with Crippen molar-refractivity contribution >= 4 is 30.7 Å². The van der Waals surface area contributed by atoms with E-state index >= 15 is 0 Å². The first kappa shape index (κ1) is 18.0. The van der Waals surface area contributed by atoms with Gasteiger partial charge in [0.2, 0.25) is 5.91 Å². The highest BCUT2D eigenvalue weighted by molar-refractivity contribution is 5.89. The molecule has 0 unspecified atom stereocenters. The molecule has 0 atom stereocenters. The van der Waals surface area contributed by atoms with E-state index in [1.165, 1.54) is 25.7 Å². The second-order valence-corrected chi connectivity index (χ2v) is 6.28. The molecule has 1 heterocycles. The van der Waals surface area contributed by atoms with Crippen LogP contribution in [0.2, 0.25) is 0 Å². The van der Waals surface area contributed by atoms with Gasteiger partial charge in [-0.2, -0.15) is 0 Å². The molecule has 0 aromatic carbocycles. The standard InChI is InChI=1S/C14H25N3O.2ClH/c15-14(6-7-14)13(18)17-9-3-8-16(10-11-17)12-4-1-2-5-12;;/h12H,1-11,15H2;2*1H. The first-order valence-electron chi connectivity index (χ1n) is 7.51. The van der Waals surface area contributed by atoms with Gasteiger partial charge < -0.3 is 10.6 Å². The van der Waals surface area contributed by atoms with Crippen molar-refractivity contribution in [3.8, 4) is 0 Å². The molecule has 20 heavy (non-hydrogen) atoms. The van der Waals surface area contributed by atoms with Crippen molar-refractivity contribution < 1.29 is 4.79 Å². The molecule has 1 aliphatic heterocycles. The highest BCUT2D eigenvalue weighted by Gasteiger charge is 2.48. The van der Waals surface area contributed by atoms with E-state index in [1.807, 2.05) is 4.90 Å². The Bertz CT molecular complexity index is 330. The molecule has 0 bridgehead atoms. The molecule has 2 N–H and O–H groups in total. The van der Waals surface area contributed by atoms with Crippen molar-refractivity contribution in [1.29, 1.82) is 0 Å². The number of nitrogens with two attached hydrogens (primary N) is 1. The lowest BCUT2D eigenvalue weighted by molar-refractivity contribution is -0.133. The molecular weight excluding hydrogens is 297 g/mol. The van der Waals surface area contributed by atoms with E-state index in [9.17, 15) is 4.79 Å². The van der Waals surface area contributed by atoms with E-state index < -0.39 is 5.54 Å². The number of carbonyl (C=O) groups excluding carboxylic acids is 1. The summed E-state index contributed by atoms with van der Waals surface area (Å²) in [6, 6.07) is 0.785. The second-order valence-electron chi connectivity index (χ2n) is 6.28. The van der Waals surface area contributed by atoms with Crippen molar-refractivity contribution in [3.63, 3.8) is 0 Å². The predicted octanol–water partition coefficient (Wildman–Crippen LogP) is 1.80. The molecule has 0 aromatic rings. The molecule has 0 aromatic heterocycles. The third-order valence-electron chi connectivity index (χ3n) is 4.87. The van der Waals surface area contributed by atoms with E-state index in [1.54, 1.807) is 0 Å². The van der Waals surface area contributed by atoms with Gasteiger partial charge in [-0.05, 0) is 32.1 Å². The zero-order valence-electron chi connectivity index (χ0n) is 12.1. The van der Waals surface area contributed by atoms with Crippen LogP contribution in [0, 0.1) is 0 Å². The Morgan fingerprint density at radius 2 is 1.60 bits per heavy atom. The Kier molecular flexibility index (Phi) is 6.58. The zero-order valence-corrected chi connectivity index (χ0v) is 13.7. The van der Waals surface area contributed by atoms with Crippen LogP contribution in [0.3, 0.4) is 0 Å². The van der Waals surface area contributed by atoms with Gasteiger partial charge >= 0.3 is 0 Å². The van der Waals surface area contributed by atoms with E-state index in [0.717, 1.165) is 51.5 Å². The highest BCUT2D eigenvalue weighted by atomic mass is 35.5. The van der Waals surface area contributed by atoms with Crippen LogP contribution in [-0.4, -0.2) is 53.5 Å². The van der Waals surface area contributed by atoms with Gasteiger partial charge in [0.1, 0.15) is 0 Å². The summed E-state index contributed by atoms with van der Waals surface area (Å²) < 4.78 is 0. The van der Waals surface area contributed by atoms with Crippen LogP contribution in [0.1, 0.15) is 44.9 Å². The maximum atomic E-state index is 12.2. The van der Waals surface area contributed by atoms with Gasteiger partial charge in [0.15, 0.2) is 0 Å². The van der Waals surface area contributed by atoms with Gasteiger partial charge in [-0.15, -0.1) is 24.8 Å². The third kappa shape index (κ3) is 3.79. The number of nitrogens with zero attached hydrogens (tertiary/aromatic N) is 2. The fraction of sp³-hybridized carbons (Fsp3) is 0.929. The Balaban J connectivity index is 0.000001000. The molecule has 2 aliphatic carbocycles. The fourth-order valence-electron chi connectivity index (χ4n) is 3.44. The minimum absolute atomic E-state index is 0. The quantitative estimate of drug-likeness (QED) is 0.843. The number of hydrogen-bond donors (Lipinski definition) is 1. The first-order chi connectivity index (χ1) is 8.69. The summed E-state index contributed by atoms with van der Waals surface area (Å²) >= 11 is 0. The molecule has 6 heteroatoms. The highest BCUT2D eigenvalue weighted by Crippen LogP contribution is 2.34. The number of rotatable bonds is 2. The van der Waals surface area contributed by atoms with E-state index in [4.69, 9.17) is 5.73 Å². The molecule has 3 fully saturated rings. The average Bonchev–Trinajstić information content (AvgIpc) is 2.98. The summed E-state index contributed by atoms with van der Waals surface area (Å²) in [5.41, 5.74) is 5.54. The Morgan fingerprint density at radius 3 is 2.20 bits per heavy atom. The molecule has 1 saturated heterocycles. The number of hydrogen-bond acceptors (Lipinski definition) is 3. The lowest BCUT2D eigenvalue weighted by Crippen LogP contribution is -2.47. The van der Waals surface area contributed by atoms with Gasteiger partial charge in [-0.25, -0.2) is 0 Å². The van der Waals surface area contributed by atoms with Crippen molar-refractivity contribution in [2.24, 2.45) is 5.73 Å². The number of carbonyl (C=O) groups is 1. The molecule has 3 aliphatic rings. The maximum Gasteiger partial charge on any atom is 0.242 e. The molecule has 118 valence electrons. The lowest BCUT2D eigenvalue weighted by Gasteiger charge is -2.28. The Labute approximate surface area is 134 Å². The van der Waals surface area contributed by atoms with Gasteiger partial charge in [-0.1, -0.05) is 12.8 Å². The van der Waals surface area contributed by atoms with Crippen LogP contribution in [-0.2, 0) is 4.79 Å². The van der Waals surface area contributed by atoms with Crippen molar-refractivity contribution in [3.05, 3.63) is 0 Å². The number of amides is 1. The molecule has 3 rings (SSSR count). The van der Waals surface area contributed by atoms with Crippen LogP contribution in [0.4, 0.5) is 0 Å². The average molecular weight is 324 g/mol. The van der Waals surface area contributed by atoms with Crippen LogP contribution in [0.5, 0.6) is 0 Å². The van der Waals surface area contributed by atoms with E-state index in [2.05, 4.69) is 4.90 Å². The largest absolute Gasteiger partial charge is 0.340 e. The van der Waals surface area contributed by atoms with Crippen molar-refractivity contribution in [1.82, 2.24) is 9.80 Å². The van der Waals surface area contributed by atoms with Crippen molar-refractivity contribution in [2.75, 3.05) is 26.2 Å². The molecule has 0 radical (unpaired) electrons. The summed E-state index contributed by atoms with van der Waals surface area (Å²) in [7, 11) is 0. The van der Waals surface area contributed by atoms with Crippen LogP contribution in [0.25, 0.3) is 0 Å². The fourth-order valence-corrected chi connectivity index (χ4v) is 3.44. The van der Waals surface area contributed by atoms with Gasteiger partial charge in [0.25, 0.3) is 0 Å². The van der Waals surface area contributed by atoms with E-state index in [0.29, 0.717) is 0 Å². The number of halogens is 2. The first-order valence-corrected chi connectivity index (χ1v) is 7.51. The normalized spacial score (nSPS) is 26.4. The summed E-state index contributed by atoms with van der Waals surface area (Å²) in [6.07, 6.45) is 8.36. The molecule has 1 amide bonds. The van der Waals surface area contributed by atoms with Gasteiger partial charge in [-0.3, -0.25) is 9.69 Å². The molecule has 4 nitrogen and oxygen atoms in total. The van der Waals surface area contributed by atoms with Crippen LogP contribution < -0.4 is 5.73 Å². The lowest BCUT2D eigenvalue weighted by atomic mass is 10.2. The second kappa shape index (κ2) is 7.30. The van der Waals surface area contributed by atoms with E-state index in [-0.39, 0.29) is 30.7 Å². The summed E-state index contributed by atoms with van der Waals surface area (Å²) in [6.45, 7) is 3.99. The summed E-state index contributed by atoms with van der Waals surface area (Å²) in [5, 5.41) is 0. The third-order valence-corrected chi connectivity index (χ3v) is 4.87. The molecule has 2 saturated carbocycles. The van der Waals surface area contributed by atoms with Crippen LogP contribution >= 0.6 is 24.8 Å². The summed E-state index contributed by atoms with van der Waals surface area (Å²) in [4.78, 5) is 16.9. The minimum atomic E-state index is -0.484. The monoisotopic (exact) mass is 323 g/mol. The minimum Gasteiger partial charge on any atom is -0.340 e. The Morgan fingerprint density at radius 1 is 0.950 bits per heavy atom. The zero-order chi connectivity index (χ0) is 12.6. The Hall–Kier alpha value is -0.0300. The summed E-state index contributed by atoms with van der Waals surface area (Å²) in [5.74, 6) is 0.204. The van der Waals surface area contributed by atoms with Crippen molar-refractivity contribution in [2.45, 2.75) is 56.5 Å². The molecular formula is C14H27Cl2N3O. The van der Waals surface area contributed by atoms with Gasteiger partial charge in [0, 0.05) is 32.2 Å². The smallest absolute Gasteiger partial charge is 0.242 e. The van der Waals surface area contributed by atoms with Gasteiger partial charge in [0.05, 0.1) is 5.54 Å². The SMILES string of the molecule is Cl.Cl.NC1(C(=O)N2CCCN(C3CCCC3)CC2)CC1. The topological polar surface area (TPSA) is 49.6 Å². The van der Waals surface area contributed by atoms with Crippen LogP contribution in [0.15, 0.2) is 0 Å². The maximum absolute atomic E-state index is 12.2. The predicted molar refractivity (Wildman–Crippen MR) is 85.7 cm³/mol. The molecule has 0 spiro atoms.